The van der Waals surface area contributed by atoms with Crippen molar-refractivity contribution < 1.29 is 14.1 Å². The van der Waals surface area contributed by atoms with Crippen LogP contribution >= 0.6 is 0 Å². The second-order valence-corrected chi connectivity index (χ2v) is 8.63. The van der Waals surface area contributed by atoms with Crippen molar-refractivity contribution in [2.24, 2.45) is 0 Å². The maximum Gasteiger partial charge on any atom is 0.292 e. The van der Waals surface area contributed by atoms with Crippen LogP contribution in [0.2, 0.25) is 0 Å². The van der Waals surface area contributed by atoms with Crippen molar-refractivity contribution in [2.45, 2.75) is 38.6 Å². The van der Waals surface area contributed by atoms with E-state index in [1.165, 1.54) is 5.56 Å². The zero-order chi connectivity index (χ0) is 23.5. The predicted molar refractivity (Wildman–Crippen MR) is 127 cm³/mol. The van der Waals surface area contributed by atoms with Crippen LogP contribution in [-0.4, -0.2) is 44.3 Å². The predicted octanol–water partition coefficient (Wildman–Crippen LogP) is 3.83. The molecule has 4 aromatic rings. The van der Waals surface area contributed by atoms with E-state index in [2.05, 4.69) is 15.5 Å². The first-order valence-corrected chi connectivity index (χ1v) is 11.7. The highest BCUT2D eigenvalue weighted by Crippen LogP contribution is 2.29. The molecular formula is C26H27N5O3. The molecule has 0 spiro atoms. The van der Waals surface area contributed by atoms with E-state index in [4.69, 9.17) is 4.52 Å². The van der Waals surface area contributed by atoms with Gasteiger partial charge in [-0.2, -0.15) is 0 Å². The van der Waals surface area contributed by atoms with Crippen molar-refractivity contribution in [2.75, 3.05) is 13.1 Å². The summed E-state index contributed by atoms with van der Waals surface area (Å²) in [7, 11) is 0. The molecule has 4 heterocycles. The van der Waals surface area contributed by atoms with Crippen molar-refractivity contribution in [3.63, 3.8) is 0 Å². The summed E-state index contributed by atoms with van der Waals surface area (Å²) in [6, 6.07) is 13.5. The first-order chi connectivity index (χ1) is 16.6. The number of amides is 2. The van der Waals surface area contributed by atoms with Gasteiger partial charge in [-0.3, -0.25) is 9.59 Å². The van der Waals surface area contributed by atoms with E-state index in [0.717, 1.165) is 36.2 Å². The number of aryl methyl sites for hydroxylation is 1. The van der Waals surface area contributed by atoms with Crippen LogP contribution in [0.5, 0.6) is 0 Å². The van der Waals surface area contributed by atoms with Gasteiger partial charge >= 0.3 is 0 Å². The second kappa shape index (κ2) is 9.51. The molecule has 174 valence electrons. The standard InChI is InChI=1S/C26H27N5O3/c1-2-22-16-23(34-29-22)26(33)31-12-8-20(9-13-31)19-3-5-21(6-4-19)25(32)28-17-18-7-11-30-14-10-27-24(30)15-18/h3-7,10-11,14-16,20H,2,8-9,12-13,17H2,1H3,(H,28,32). The Labute approximate surface area is 197 Å². The van der Waals surface area contributed by atoms with Gasteiger partial charge in [0, 0.05) is 49.9 Å². The van der Waals surface area contributed by atoms with E-state index in [1.54, 1.807) is 12.3 Å². The van der Waals surface area contributed by atoms with E-state index in [0.29, 0.717) is 36.9 Å². The lowest BCUT2D eigenvalue weighted by Gasteiger charge is -2.31. The maximum atomic E-state index is 12.6. The molecule has 2 amide bonds. The Morgan fingerprint density at radius 2 is 1.88 bits per heavy atom. The second-order valence-electron chi connectivity index (χ2n) is 8.63. The molecule has 1 N–H and O–H groups in total. The van der Waals surface area contributed by atoms with Crippen LogP contribution in [0.1, 0.15) is 63.4 Å². The Morgan fingerprint density at radius 3 is 2.62 bits per heavy atom. The SMILES string of the molecule is CCc1cc(C(=O)N2CCC(c3ccc(C(=O)NCc4ccn5ccnc5c4)cc3)CC2)on1. The van der Waals surface area contributed by atoms with Gasteiger partial charge in [0.05, 0.1) is 5.69 Å². The van der Waals surface area contributed by atoms with Gasteiger partial charge in [-0.15, -0.1) is 0 Å². The van der Waals surface area contributed by atoms with Crippen LogP contribution in [0, 0.1) is 0 Å². The zero-order valence-corrected chi connectivity index (χ0v) is 19.1. The number of benzene rings is 1. The first kappa shape index (κ1) is 21.9. The number of piperidine rings is 1. The monoisotopic (exact) mass is 457 g/mol. The van der Waals surface area contributed by atoms with E-state index >= 15 is 0 Å². The highest BCUT2D eigenvalue weighted by Gasteiger charge is 2.26. The van der Waals surface area contributed by atoms with Crippen molar-refractivity contribution in [1.82, 2.24) is 24.8 Å². The molecule has 34 heavy (non-hydrogen) atoms. The van der Waals surface area contributed by atoms with E-state index in [9.17, 15) is 9.59 Å². The van der Waals surface area contributed by atoms with Gasteiger partial charge in [-0.1, -0.05) is 24.2 Å². The van der Waals surface area contributed by atoms with Gasteiger partial charge in [0.2, 0.25) is 5.76 Å². The molecule has 0 radical (unpaired) electrons. The van der Waals surface area contributed by atoms with Crippen LogP contribution in [0.25, 0.3) is 5.65 Å². The number of aromatic nitrogens is 3. The highest BCUT2D eigenvalue weighted by molar-refractivity contribution is 5.94. The smallest absolute Gasteiger partial charge is 0.292 e. The molecule has 0 atom stereocenters. The molecule has 0 aliphatic carbocycles. The number of nitrogens with one attached hydrogen (secondary N) is 1. The summed E-state index contributed by atoms with van der Waals surface area (Å²) in [5, 5.41) is 6.89. The third kappa shape index (κ3) is 4.57. The fourth-order valence-electron chi connectivity index (χ4n) is 4.40. The van der Waals surface area contributed by atoms with Gasteiger partial charge in [0.15, 0.2) is 0 Å². The van der Waals surface area contributed by atoms with Crippen molar-refractivity contribution in [3.05, 3.63) is 89.2 Å². The number of fused-ring (bicyclic) bond motifs is 1. The van der Waals surface area contributed by atoms with Gasteiger partial charge in [-0.25, -0.2) is 4.98 Å². The molecule has 5 rings (SSSR count). The number of carbonyl (C=O) groups is 2. The van der Waals surface area contributed by atoms with Crippen LogP contribution in [0.4, 0.5) is 0 Å². The minimum Gasteiger partial charge on any atom is -0.351 e. The number of carbonyl (C=O) groups excluding carboxylic acids is 2. The summed E-state index contributed by atoms with van der Waals surface area (Å²) in [5.74, 6) is 0.483. The molecular weight excluding hydrogens is 430 g/mol. The van der Waals surface area contributed by atoms with Crippen LogP contribution in [-0.2, 0) is 13.0 Å². The molecule has 8 nitrogen and oxygen atoms in total. The Balaban J connectivity index is 1.14. The van der Waals surface area contributed by atoms with Crippen molar-refractivity contribution >= 4 is 17.5 Å². The third-order valence-electron chi connectivity index (χ3n) is 6.47. The molecule has 1 aromatic carbocycles. The summed E-state index contributed by atoms with van der Waals surface area (Å²) in [5.41, 5.74) is 4.48. The first-order valence-electron chi connectivity index (χ1n) is 11.7. The largest absolute Gasteiger partial charge is 0.351 e. The number of nitrogens with zero attached hydrogens (tertiary/aromatic N) is 4. The minimum absolute atomic E-state index is 0.0930. The van der Waals surface area contributed by atoms with Crippen molar-refractivity contribution in [1.29, 1.82) is 0 Å². The normalized spacial score (nSPS) is 14.4. The number of rotatable bonds is 6. The average molecular weight is 458 g/mol. The Kier molecular flexibility index (Phi) is 6.12. The number of imidazole rings is 1. The van der Waals surface area contributed by atoms with E-state index < -0.39 is 0 Å². The molecule has 0 bridgehead atoms. The lowest BCUT2D eigenvalue weighted by atomic mass is 9.89. The van der Waals surface area contributed by atoms with Crippen molar-refractivity contribution in [3.8, 4) is 0 Å². The van der Waals surface area contributed by atoms with Crippen LogP contribution in [0.15, 0.2) is 65.6 Å². The van der Waals surface area contributed by atoms with Crippen LogP contribution in [0.3, 0.4) is 0 Å². The van der Waals surface area contributed by atoms with E-state index in [-0.39, 0.29) is 11.8 Å². The maximum absolute atomic E-state index is 12.6. The van der Waals surface area contributed by atoms with E-state index in [1.807, 2.05) is 65.0 Å². The number of hydrogen-bond donors (Lipinski definition) is 1. The Bertz CT molecular complexity index is 1300. The fraction of sp³-hybridized carbons (Fsp3) is 0.308. The third-order valence-corrected chi connectivity index (χ3v) is 6.47. The Hall–Kier alpha value is -3.94. The molecule has 1 aliphatic heterocycles. The molecule has 1 fully saturated rings. The average Bonchev–Trinajstić information content (AvgIpc) is 3.56. The lowest BCUT2D eigenvalue weighted by molar-refractivity contribution is 0.0670. The van der Waals surface area contributed by atoms with Crippen LogP contribution < -0.4 is 5.32 Å². The molecule has 0 saturated carbocycles. The summed E-state index contributed by atoms with van der Waals surface area (Å²) in [4.78, 5) is 31.4. The number of likely N-dealkylation sites (tertiary alicyclic amines) is 1. The van der Waals surface area contributed by atoms with Gasteiger partial charge in [0.1, 0.15) is 5.65 Å². The molecule has 0 unspecified atom stereocenters. The lowest BCUT2D eigenvalue weighted by Crippen LogP contribution is -2.37. The summed E-state index contributed by atoms with van der Waals surface area (Å²) < 4.78 is 7.13. The van der Waals surface area contributed by atoms with Gasteiger partial charge in [-0.05, 0) is 60.6 Å². The molecule has 1 saturated heterocycles. The zero-order valence-electron chi connectivity index (χ0n) is 19.1. The summed E-state index contributed by atoms with van der Waals surface area (Å²) in [6.45, 7) is 3.78. The quantitative estimate of drug-likeness (QED) is 0.475. The summed E-state index contributed by atoms with van der Waals surface area (Å²) >= 11 is 0. The minimum atomic E-state index is -0.103. The topological polar surface area (TPSA) is 92.7 Å². The highest BCUT2D eigenvalue weighted by atomic mass is 16.5. The molecule has 3 aromatic heterocycles. The molecule has 8 heteroatoms. The molecule has 1 aliphatic rings. The van der Waals surface area contributed by atoms with Gasteiger partial charge in [0.25, 0.3) is 11.8 Å². The number of pyridine rings is 1. The number of hydrogen-bond acceptors (Lipinski definition) is 5. The van der Waals surface area contributed by atoms with Gasteiger partial charge < -0.3 is 19.1 Å². The fourth-order valence-corrected chi connectivity index (χ4v) is 4.40. The summed E-state index contributed by atoms with van der Waals surface area (Å²) in [6.07, 6.45) is 8.07. The Morgan fingerprint density at radius 1 is 1.09 bits per heavy atom.